The first-order valence-corrected chi connectivity index (χ1v) is 9.31. The summed E-state index contributed by atoms with van der Waals surface area (Å²) >= 11 is 0. The van der Waals surface area contributed by atoms with Crippen LogP contribution in [-0.4, -0.2) is 30.6 Å². The Morgan fingerprint density at radius 2 is 1.07 bits per heavy atom. The van der Waals surface area contributed by atoms with Gasteiger partial charge in [0, 0.05) is 40.8 Å². The lowest BCUT2D eigenvalue weighted by molar-refractivity contribution is 0.566. The zero-order chi connectivity index (χ0) is 20.7. The van der Waals surface area contributed by atoms with Gasteiger partial charge in [-0.15, -0.1) is 0 Å². The van der Waals surface area contributed by atoms with Crippen molar-refractivity contribution in [3.05, 3.63) is 53.9 Å². The quantitative estimate of drug-likeness (QED) is 0.512. The highest BCUT2D eigenvalue weighted by molar-refractivity contribution is 5.13. The smallest absolute Gasteiger partial charge is 0.0524 e. The van der Waals surface area contributed by atoms with Crippen LogP contribution in [0.1, 0.15) is 79.3 Å². The first-order valence-electron chi connectivity index (χ1n) is 9.31. The van der Waals surface area contributed by atoms with Crippen LogP contribution in [0, 0.1) is 0 Å². The maximum atomic E-state index is 3.86. The van der Waals surface area contributed by atoms with E-state index in [4.69, 9.17) is 0 Å². The maximum absolute atomic E-state index is 3.86. The lowest BCUT2D eigenvalue weighted by atomic mass is 9.90. The van der Waals surface area contributed by atoms with Crippen molar-refractivity contribution in [3.8, 4) is 0 Å². The Kier molecular flexibility index (Phi) is 7.57. The Bertz CT molecular complexity index is 613. The Labute approximate surface area is 163 Å². The van der Waals surface area contributed by atoms with Crippen LogP contribution in [0.25, 0.3) is 0 Å². The molecule has 0 amide bonds. The molecule has 0 unspecified atom stereocenters. The predicted molar refractivity (Wildman–Crippen MR) is 112 cm³/mol. The summed E-state index contributed by atoms with van der Waals surface area (Å²) in [6.07, 6.45) is 7.35. The average molecular weight is 373 g/mol. The van der Waals surface area contributed by atoms with Crippen LogP contribution in [-0.2, 0) is 16.2 Å². The number of nitrogens with zero attached hydrogens (tertiary/aromatic N) is 3. The summed E-state index contributed by atoms with van der Waals surface area (Å²) in [5.41, 5.74) is 4.26. The van der Waals surface area contributed by atoms with E-state index < -0.39 is 0 Å². The average Bonchev–Trinajstić information content (AvgIpc) is 3.28. The number of nitrogens with one attached hydrogen (secondary N) is 3. The van der Waals surface area contributed by atoms with Gasteiger partial charge in [0.05, 0.1) is 6.20 Å². The number of hydrogen-bond acceptors (Lipinski definition) is 3. The van der Waals surface area contributed by atoms with Crippen LogP contribution in [0.15, 0.2) is 36.9 Å². The number of H-pyrrole nitrogens is 3. The Morgan fingerprint density at radius 1 is 0.630 bits per heavy atom. The van der Waals surface area contributed by atoms with Gasteiger partial charge in [-0.05, 0) is 23.1 Å². The molecule has 3 heterocycles. The van der Waals surface area contributed by atoms with Crippen LogP contribution >= 0.6 is 0 Å². The minimum atomic E-state index is 0.205. The van der Waals surface area contributed by atoms with Gasteiger partial charge in [0.15, 0.2) is 0 Å². The zero-order valence-electron chi connectivity index (χ0n) is 18.3. The molecule has 0 aliphatic rings. The molecule has 6 heteroatoms. The van der Waals surface area contributed by atoms with Crippen LogP contribution in [0.4, 0.5) is 0 Å². The van der Waals surface area contributed by atoms with Crippen LogP contribution in [0.3, 0.4) is 0 Å². The van der Waals surface area contributed by atoms with E-state index in [0.717, 1.165) is 0 Å². The first-order chi connectivity index (χ1) is 12.3. The fourth-order valence-electron chi connectivity index (χ4n) is 2.01. The van der Waals surface area contributed by atoms with Gasteiger partial charge < -0.3 is 0 Å². The van der Waals surface area contributed by atoms with Crippen molar-refractivity contribution in [2.45, 2.75) is 78.6 Å². The molecule has 0 atom stereocenters. The summed E-state index contributed by atoms with van der Waals surface area (Å²) in [6, 6.07) is 4.00. The van der Waals surface area contributed by atoms with Gasteiger partial charge in [0.1, 0.15) is 0 Å². The summed E-state index contributed by atoms with van der Waals surface area (Å²) < 4.78 is 0. The monoisotopic (exact) mass is 372 g/mol. The van der Waals surface area contributed by atoms with Crippen molar-refractivity contribution in [3.63, 3.8) is 0 Å². The largest absolute Gasteiger partial charge is 0.285 e. The molecule has 0 saturated heterocycles. The Balaban J connectivity index is 0.000000202. The number of aromatic nitrogens is 6. The van der Waals surface area contributed by atoms with E-state index in [-0.39, 0.29) is 16.2 Å². The summed E-state index contributed by atoms with van der Waals surface area (Å²) in [7, 11) is 0. The number of hydrogen-bond donors (Lipinski definition) is 3. The van der Waals surface area contributed by atoms with Gasteiger partial charge in [-0.3, -0.25) is 15.3 Å². The minimum Gasteiger partial charge on any atom is -0.285 e. The third-order valence-corrected chi connectivity index (χ3v) is 3.98. The molecule has 3 rings (SSSR count). The topological polar surface area (TPSA) is 86.0 Å². The summed E-state index contributed by atoms with van der Waals surface area (Å²) in [4.78, 5) is 0. The lowest BCUT2D eigenvalue weighted by Gasteiger charge is -2.14. The maximum Gasteiger partial charge on any atom is 0.0524 e. The Morgan fingerprint density at radius 3 is 1.22 bits per heavy atom. The van der Waals surface area contributed by atoms with Gasteiger partial charge in [0.2, 0.25) is 0 Å². The van der Waals surface area contributed by atoms with E-state index in [2.05, 4.69) is 92.9 Å². The second-order valence-corrected chi connectivity index (χ2v) is 9.68. The fraction of sp³-hybridized carbons (Fsp3) is 0.571. The van der Waals surface area contributed by atoms with Gasteiger partial charge in [-0.2, -0.15) is 15.3 Å². The molecular formula is C21H36N6. The molecule has 3 N–H and O–H groups in total. The molecule has 0 spiro atoms. The molecule has 0 aromatic carbocycles. The molecule has 0 bridgehead atoms. The SMILES string of the molecule is CC(C)(C)c1ccn[nH]1.CC(C)(C)c1ccn[nH]1.CC(C)(C)c1cn[nH]c1. The highest BCUT2D eigenvalue weighted by Crippen LogP contribution is 2.20. The molecule has 0 aliphatic heterocycles. The number of aromatic amines is 3. The second kappa shape index (κ2) is 9.02. The summed E-state index contributed by atoms with van der Waals surface area (Å²) in [5, 5.41) is 20.2. The standard InChI is InChI=1S/3C7H12N2/c1-7(2,3)6-4-8-9-5-6;2*1-7(2,3)6-4-5-8-9-6/h3*4-5H,1-3H3,(H,8,9). The molecule has 0 fully saturated rings. The highest BCUT2D eigenvalue weighted by Gasteiger charge is 2.14. The van der Waals surface area contributed by atoms with Crippen molar-refractivity contribution in [1.82, 2.24) is 30.6 Å². The molecule has 0 radical (unpaired) electrons. The third kappa shape index (κ3) is 8.24. The fourth-order valence-corrected chi connectivity index (χ4v) is 2.01. The third-order valence-electron chi connectivity index (χ3n) is 3.98. The van der Waals surface area contributed by atoms with Crippen LogP contribution in [0.5, 0.6) is 0 Å². The molecular weight excluding hydrogens is 336 g/mol. The molecule has 150 valence electrons. The predicted octanol–water partition coefficient (Wildman–Crippen LogP) is 5.12. The van der Waals surface area contributed by atoms with Crippen molar-refractivity contribution < 1.29 is 0 Å². The van der Waals surface area contributed by atoms with Crippen LogP contribution in [0.2, 0.25) is 0 Å². The molecule has 0 aliphatic carbocycles. The molecule has 6 nitrogen and oxygen atoms in total. The van der Waals surface area contributed by atoms with Crippen LogP contribution < -0.4 is 0 Å². The molecule has 3 aromatic heterocycles. The van der Waals surface area contributed by atoms with E-state index in [0.29, 0.717) is 0 Å². The van der Waals surface area contributed by atoms with Gasteiger partial charge in [-0.1, -0.05) is 62.3 Å². The second-order valence-electron chi connectivity index (χ2n) is 9.68. The highest BCUT2D eigenvalue weighted by atomic mass is 15.1. The first kappa shape index (κ1) is 22.7. The van der Waals surface area contributed by atoms with E-state index >= 15 is 0 Å². The van der Waals surface area contributed by atoms with Crippen molar-refractivity contribution in [2.24, 2.45) is 0 Å². The van der Waals surface area contributed by atoms with Crippen molar-refractivity contribution >= 4 is 0 Å². The van der Waals surface area contributed by atoms with Crippen molar-refractivity contribution in [1.29, 1.82) is 0 Å². The van der Waals surface area contributed by atoms with Crippen molar-refractivity contribution in [2.75, 3.05) is 0 Å². The molecule has 0 saturated carbocycles. The minimum absolute atomic E-state index is 0.205. The van der Waals surface area contributed by atoms with Gasteiger partial charge in [-0.25, -0.2) is 0 Å². The summed E-state index contributed by atoms with van der Waals surface area (Å²) in [5.74, 6) is 0. The summed E-state index contributed by atoms with van der Waals surface area (Å²) in [6.45, 7) is 19.4. The Hall–Kier alpha value is -2.37. The molecule has 27 heavy (non-hydrogen) atoms. The van der Waals surface area contributed by atoms with E-state index in [1.807, 2.05) is 24.5 Å². The van der Waals surface area contributed by atoms with E-state index in [1.54, 1.807) is 12.4 Å². The van der Waals surface area contributed by atoms with Gasteiger partial charge in [0.25, 0.3) is 0 Å². The van der Waals surface area contributed by atoms with E-state index in [1.165, 1.54) is 17.0 Å². The lowest BCUT2D eigenvalue weighted by Crippen LogP contribution is -2.11. The zero-order valence-corrected chi connectivity index (χ0v) is 18.3. The van der Waals surface area contributed by atoms with Gasteiger partial charge >= 0.3 is 0 Å². The normalized spacial score (nSPS) is 11.9. The number of rotatable bonds is 0. The molecule has 3 aromatic rings. The van der Waals surface area contributed by atoms with E-state index in [9.17, 15) is 0 Å².